The van der Waals surface area contributed by atoms with E-state index in [0.29, 0.717) is 13.2 Å². The van der Waals surface area contributed by atoms with Crippen LogP contribution in [0.25, 0.3) is 0 Å². The van der Waals surface area contributed by atoms with Crippen molar-refractivity contribution in [2.24, 2.45) is 0 Å². The van der Waals surface area contributed by atoms with Crippen molar-refractivity contribution in [2.45, 2.75) is 11.3 Å². The largest absolute Gasteiger partial charge is 0.494 e. The first-order chi connectivity index (χ1) is 8.95. The van der Waals surface area contributed by atoms with Gasteiger partial charge in [-0.1, -0.05) is 36.4 Å². The SMILES string of the molecule is c1ccc(OCCCOSc2ccccc2)cc1. The van der Waals surface area contributed by atoms with Gasteiger partial charge in [-0.25, -0.2) is 0 Å². The van der Waals surface area contributed by atoms with Gasteiger partial charge in [-0.2, -0.15) is 0 Å². The zero-order valence-corrected chi connectivity index (χ0v) is 10.9. The fourth-order valence-corrected chi connectivity index (χ4v) is 2.02. The second-order valence-electron chi connectivity index (χ2n) is 3.73. The molecule has 2 aromatic carbocycles. The van der Waals surface area contributed by atoms with E-state index in [1.165, 1.54) is 12.0 Å². The maximum Gasteiger partial charge on any atom is 0.119 e. The highest BCUT2D eigenvalue weighted by atomic mass is 32.2. The third-order valence-corrected chi connectivity index (χ3v) is 3.03. The first-order valence-electron chi connectivity index (χ1n) is 5.97. The Morgan fingerprint density at radius 1 is 0.778 bits per heavy atom. The van der Waals surface area contributed by atoms with E-state index in [1.807, 2.05) is 60.7 Å². The summed E-state index contributed by atoms with van der Waals surface area (Å²) in [6.07, 6.45) is 0.884. The Bertz CT molecular complexity index is 387. The van der Waals surface area contributed by atoms with E-state index in [9.17, 15) is 0 Å². The first-order valence-corrected chi connectivity index (χ1v) is 6.72. The molecule has 0 aromatic heterocycles. The van der Waals surface area contributed by atoms with Gasteiger partial charge in [0.15, 0.2) is 0 Å². The molecule has 0 spiro atoms. The average Bonchev–Trinajstić information content (AvgIpc) is 2.45. The predicted molar refractivity (Wildman–Crippen MR) is 74.8 cm³/mol. The van der Waals surface area contributed by atoms with Crippen LogP contribution in [0.5, 0.6) is 5.75 Å². The Hall–Kier alpha value is -1.45. The van der Waals surface area contributed by atoms with E-state index in [0.717, 1.165) is 17.1 Å². The highest BCUT2D eigenvalue weighted by Crippen LogP contribution is 2.18. The molecule has 0 aliphatic heterocycles. The van der Waals surface area contributed by atoms with Gasteiger partial charge in [-0.15, -0.1) is 0 Å². The van der Waals surface area contributed by atoms with Crippen LogP contribution in [0.15, 0.2) is 65.6 Å². The molecule has 18 heavy (non-hydrogen) atoms. The summed E-state index contributed by atoms with van der Waals surface area (Å²) in [5, 5.41) is 0. The molecule has 0 unspecified atom stereocenters. The smallest absolute Gasteiger partial charge is 0.119 e. The Balaban J connectivity index is 1.54. The number of para-hydroxylation sites is 1. The van der Waals surface area contributed by atoms with Crippen LogP contribution in [0.3, 0.4) is 0 Å². The van der Waals surface area contributed by atoms with E-state index in [4.69, 9.17) is 8.92 Å². The van der Waals surface area contributed by atoms with E-state index >= 15 is 0 Å². The van der Waals surface area contributed by atoms with Crippen LogP contribution in [0.4, 0.5) is 0 Å². The van der Waals surface area contributed by atoms with Crippen molar-refractivity contribution in [2.75, 3.05) is 13.2 Å². The first kappa shape index (κ1) is 13.0. The minimum Gasteiger partial charge on any atom is -0.494 e. The molecule has 0 fully saturated rings. The number of benzene rings is 2. The van der Waals surface area contributed by atoms with Crippen molar-refractivity contribution >= 4 is 12.0 Å². The molecule has 0 bridgehead atoms. The lowest BCUT2D eigenvalue weighted by Gasteiger charge is -2.05. The van der Waals surface area contributed by atoms with Crippen molar-refractivity contribution < 1.29 is 8.92 Å². The molecule has 0 heterocycles. The van der Waals surface area contributed by atoms with Crippen molar-refractivity contribution in [3.8, 4) is 5.75 Å². The monoisotopic (exact) mass is 260 g/mol. The number of hydrogen-bond acceptors (Lipinski definition) is 3. The number of rotatable bonds is 7. The quantitative estimate of drug-likeness (QED) is 0.549. The van der Waals surface area contributed by atoms with Crippen LogP contribution >= 0.6 is 12.0 Å². The molecule has 0 radical (unpaired) electrons. The summed E-state index contributed by atoms with van der Waals surface area (Å²) in [5.74, 6) is 0.910. The third-order valence-electron chi connectivity index (χ3n) is 2.28. The van der Waals surface area contributed by atoms with Gasteiger partial charge >= 0.3 is 0 Å². The van der Waals surface area contributed by atoms with Gasteiger partial charge in [0, 0.05) is 23.4 Å². The number of hydrogen-bond donors (Lipinski definition) is 0. The summed E-state index contributed by atoms with van der Waals surface area (Å²) in [5.41, 5.74) is 0. The summed E-state index contributed by atoms with van der Waals surface area (Å²) in [7, 11) is 0. The van der Waals surface area contributed by atoms with Gasteiger partial charge in [-0.05, 0) is 24.3 Å². The molecular weight excluding hydrogens is 244 g/mol. The highest BCUT2D eigenvalue weighted by molar-refractivity contribution is 7.94. The molecule has 0 atom stereocenters. The minimum atomic E-state index is 0.680. The Kier molecular flexibility index (Phi) is 5.63. The van der Waals surface area contributed by atoms with Gasteiger partial charge in [0.25, 0.3) is 0 Å². The summed E-state index contributed by atoms with van der Waals surface area (Å²) in [6, 6.07) is 19.9. The van der Waals surface area contributed by atoms with Gasteiger partial charge in [0.1, 0.15) is 5.75 Å². The van der Waals surface area contributed by atoms with Crippen LogP contribution in [0.2, 0.25) is 0 Å². The van der Waals surface area contributed by atoms with Crippen LogP contribution in [0.1, 0.15) is 6.42 Å². The lowest BCUT2D eigenvalue weighted by Crippen LogP contribution is -2.00. The summed E-state index contributed by atoms with van der Waals surface area (Å²) < 4.78 is 11.1. The fraction of sp³-hybridized carbons (Fsp3) is 0.200. The third kappa shape index (κ3) is 4.82. The number of ether oxygens (including phenoxy) is 1. The molecule has 2 rings (SSSR count). The standard InChI is InChI=1S/C15H16O2S/c1-3-8-14(9-4-1)16-12-7-13-17-18-15-10-5-2-6-11-15/h1-6,8-11H,7,12-13H2. The van der Waals surface area contributed by atoms with Crippen molar-refractivity contribution in [3.05, 3.63) is 60.7 Å². The lowest BCUT2D eigenvalue weighted by atomic mass is 10.3. The normalized spacial score (nSPS) is 10.2. The van der Waals surface area contributed by atoms with E-state index in [-0.39, 0.29) is 0 Å². The topological polar surface area (TPSA) is 18.5 Å². The lowest BCUT2D eigenvalue weighted by molar-refractivity contribution is 0.267. The minimum absolute atomic E-state index is 0.680. The zero-order valence-electron chi connectivity index (χ0n) is 10.1. The molecule has 2 aromatic rings. The van der Waals surface area contributed by atoms with E-state index < -0.39 is 0 Å². The molecule has 0 aliphatic carbocycles. The molecule has 2 nitrogen and oxygen atoms in total. The molecule has 3 heteroatoms. The molecule has 0 amide bonds. The zero-order chi connectivity index (χ0) is 12.5. The summed E-state index contributed by atoms with van der Waals surface area (Å²) in [4.78, 5) is 1.13. The maximum absolute atomic E-state index is 5.57. The van der Waals surface area contributed by atoms with Crippen LogP contribution in [-0.2, 0) is 4.18 Å². The Labute approximate surface area is 112 Å². The van der Waals surface area contributed by atoms with Crippen molar-refractivity contribution in [1.29, 1.82) is 0 Å². The van der Waals surface area contributed by atoms with Crippen LogP contribution in [0, 0.1) is 0 Å². The van der Waals surface area contributed by atoms with E-state index in [1.54, 1.807) is 0 Å². The van der Waals surface area contributed by atoms with Crippen molar-refractivity contribution in [3.63, 3.8) is 0 Å². The summed E-state index contributed by atoms with van der Waals surface area (Å²) in [6.45, 7) is 1.37. The van der Waals surface area contributed by atoms with Gasteiger partial charge in [0.05, 0.1) is 13.2 Å². The van der Waals surface area contributed by atoms with Gasteiger partial charge in [-0.3, -0.25) is 0 Å². The highest BCUT2D eigenvalue weighted by Gasteiger charge is 1.95. The van der Waals surface area contributed by atoms with Gasteiger partial charge in [0.2, 0.25) is 0 Å². The molecule has 94 valence electrons. The molecule has 0 N–H and O–H groups in total. The van der Waals surface area contributed by atoms with Crippen molar-refractivity contribution in [1.82, 2.24) is 0 Å². The second kappa shape index (κ2) is 7.80. The van der Waals surface area contributed by atoms with Crippen LogP contribution < -0.4 is 4.74 Å². The molecule has 0 saturated carbocycles. The predicted octanol–water partition coefficient (Wildman–Crippen LogP) is 4.18. The second-order valence-corrected chi connectivity index (χ2v) is 4.61. The summed E-state index contributed by atoms with van der Waals surface area (Å²) >= 11 is 1.41. The molecular formula is C15H16O2S. The molecule has 0 aliphatic rings. The maximum atomic E-state index is 5.57. The van der Waals surface area contributed by atoms with Crippen LogP contribution in [-0.4, -0.2) is 13.2 Å². The van der Waals surface area contributed by atoms with Gasteiger partial charge < -0.3 is 8.92 Å². The Morgan fingerprint density at radius 3 is 2.17 bits per heavy atom. The fourth-order valence-electron chi connectivity index (χ4n) is 1.41. The average molecular weight is 260 g/mol. The Morgan fingerprint density at radius 2 is 1.44 bits per heavy atom. The van der Waals surface area contributed by atoms with E-state index in [2.05, 4.69) is 0 Å². The molecule has 0 saturated heterocycles.